The number of nitrogens with one attached hydrogen (secondary N) is 2. The van der Waals surface area contributed by atoms with Crippen LogP contribution >= 0.6 is 0 Å². The summed E-state index contributed by atoms with van der Waals surface area (Å²) in [7, 11) is 3.56. The Labute approximate surface area is 140 Å². The molecule has 1 saturated carbocycles. The van der Waals surface area contributed by atoms with E-state index in [-0.39, 0.29) is 17.9 Å². The molecular weight excluding hydrogens is 292 g/mol. The number of carbonyl (C=O) groups is 1. The van der Waals surface area contributed by atoms with Crippen molar-refractivity contribution >= 4 is 11.9 Å². The summed E-state index contributed by atoms with van der Waals surface area (Å²) in [5.74, 6) is 1.16. The highest BCUT2D eigenvalue weighted by Crippen LogP contribution is 2.48. The Morgan fingerprint density at radius 2 is 2.17 bits per heavy atom. The van der Waals surface area contributed by atoms with Gasteiger partial charge in [-0.15, -0.1) is 0 Å². The van der Waals surface area contributed by atoms with E-state index in [1.54, 1.807) is 14.2 Å². The molecule has 0 aromatic carbocycles. The van der Waals surface area contributed by atoms with Gasteiger partial charge in [0.15, 0.2) is 5.96 Å². The minimum Gasteiger partial charge on any atom is -0.385 e. The molecule has 1 aliphatic heterocycles. The number of carbonyl (C=O) groups excluding carboxylic acids is 1. The van der Waals surface area contributed by atoms with Crippen molar-refractivity contribution in [3.63, 3.8) is 0 Å². The molecule has 1 saturated heterocycles. The summed E-state index contributed by atoms with van der Waals surface area (Å²) < 4.78 is 5.20. The standard InChI is InChI=1S/C17H32N4O2/c1-13(2)15(22)21-9-5-14(11-21)20-16(18-3)19-12-17(6-7-17)8-10-23-4/h13-14H,5-12H2,1-4H3,(H2,18,19,20). The lowest BCUT2D eigenvalue weighted by molar-refractivity contribution is -0.133. The minimum absolute atomic E-state index is 0.0710. The van der Waals surface area contributed by atoms with Crippen molar-refractivity contribution in [2.75, 3.05) is 40.4 Å². The third-order valence-electron chi connectivity index (χ3n) is 4.98. The van der Waals surface area contributed by atoms with Gasteiger partial charge in [-0.3, -0.25) is 9.79 Å². The van der Waals surface area contributed by atoms with Crippen molar-refractivity contribution in [2.24, 2.45) is 16.3 Å². The minimum atomic E-state index is 0.0710. The summed E-state index contributed by atoms with van der Waals surface area (Å²) in [5, 5.41) is 6.91. The van der Waals surface area contributed by atoms with Gasteiger partial charge in [-0.05, 0) is 31.1 Å². The van der Waals surface area contributed by atoms with Crippen LogP contribution in [0.2, 0.25) is 0 Å². The van der Waals surface area contributed by atoms with Gasteiger partial charge < -0.3 is 20.3 Å². The second-order valence-electron chi connectivity index (χ2n) is 7.24. The molecule has 1 heterocycles. The summed E-state index contributed by atoms with van der Waals surface area (Å²) in [6.07, 6.45) is 4.61. The van der Waals surface area contributed by atoms with Gasteiger partial charge in [0.2, 0.25) is 5.91 Å². The molecule has 2 rings (SSSR count). The molecule has 2 aliphatic rings. The lowest BCUT2D eigenvalue weighted by atomic mass is 10.0. The first-order chi connectivity index (χ1) is 11.0. The molecule has 0 aromatic heterocycles. The number of amides is 1. The number of hydrogen-bond donors (Lipinski definition) is 2. The van der Waals surface area contributed by atoms with Crippen LogP contribution in [0.15, 0.2) is 4.99 Å². The fraction of sp³-hybridized carbons (Fsp3) is 0.882. The number of ether oxygens (including phenoxy) is 1. The summed E-state index contributed by atoms with van der Waals surface area (Å²) >= 11 is 0. The number of likely N-dealkylation sites (tertiary alicyclic amines) is 1. The Morgan fingerprint density at radius 1 is 1.43 bits per heavy atom. The Balaban J connectivity index is 1.75. The maximum Gasteiger partial charge on any atom is 0.225 e. The molecule has 132 valence electrons. The van der Waals surface area contributed by atoms with Crippen molar-refractivity contribution in [3.05, 3.63) is 0 Å². The summed E-state index contributed by atoms with van der Waals surface area (Å²) in [5.41, 5.74) is 0.392. The fourth-order valence-electron chi connectivity index (χ4n) is 3.11. The van der Waals surface area contributed by atoms with E-state index in [1.165, 1.54) is 12.8 Å². The van der Waals surface area contributed by atoms with Crippen molar-refractivity contribution in [1.82, 2.24) is 15.5 Å². The van der Waals surface area contributed by atoms with Gasteiger partial charge >= 0.3 is 0 Å². The number of aliphatic imine (C=N–C) groups is 1. The summed E-state index contributed by atoms with van der Waals surface area (Å²) in [6.45, 7) is 7.29. The molecule has 0 aromatic rings. The Bertz CT molecular complexity index is 432. The van der Waals surface area contributed by atoms with Crippen LogP contribution in [0.4, 0.5) is 0 Å². The first kappa shape index (κ1) is 18.0. The second-order valence-corrected chi connectivity index (χ2v) is 7.24. The van der Waals surface area contributed by atoms with E-state index >= 15 is 0 Å². The number of guanidine groups is 1. The van der Waals surface area contributed by atoms with Gasteiger partial charge in [0.05, 0.1) is 0 Å². The Hall–Kier alpha value is -1.30. The lowest BCUT2D eigenvalue weighted by Crippen LogP contribution is -2.46. The van der Waals surface area contributed by atoms with Crippen molar-refractivity contribution < 1.29 is 9.53 Å². The zero-order valence-electron chi connectivity index (χ0n) is 15.0. The normalized spacial score (nSPS) is 23.3. The largest absolute Gasteiger partial charge is 0.385 e. The molecule has 1 unspecified atom stereocenters. The third-order valence-corrected chi connectivity index (χ3v) is 4.98. The first-order valence-corrected chi connectivity index (χ1v) is 8.74. The van der Waals surface area contributed by atoms with Gasteiger partial charge in [0.1, 0.15) is 0 Å². The molecule has 1 atom stereocenters. The molecule has 6 nitrogen and oxygen atoms in total. The van der Waals surface area contributed by atoms with Crippen LogP contribution in [-0.4, -0.2) is 63.2 Å². The predicted octanol–water partition coefficient (Wildman–Crippen LogP) is 1.23. The van der Waals surface area contributed by atoms with E-state index in [9.17, 15) is 4.79 Å². The van der Waals surface area contributed by atoms with Crippen LogP contribution < -0.4 is 10.6 Å². The number of hydrogen-bond acceptors (Lipinski definition) is 3. The van der Waals surface area contributed by atoms with Crippen LogP contribution in [-0.2, 0) is 9.53 Å². The van der Waals surface area contributed by atoms with Crippen LogP contribution in [0.3, 0.4) is 0 Å². The fourth-order valence-corrected chi connectivity index (χ4v) is 3.11. The smallest absolute Gasteiger partial charge is 0.225 e. The highest BCUT2D eigenvalue weighted by atomic mass is 16.5. The highest BCUT2D eigenvalue weighted by Gasteiger charge is 2.42. The molecule has 23 heavy (non-hydrogen) atoms. The molecule has 2 fully saturated rings. The second kappa shape index (κ2) is 7.99. The van der Waals surface area contributed by atoms with E-state index in [0.717, 1.165) is 45.0 Å². The molecule has 0 radical (unpaired) electrons. The monoisotopic (exact) mass is 324 g/mol. The van der Waals surface area contributed by atoms with Crippen LogP contribution in [0.25, 0.3) is 0 Å². The van der Waals surface area contributed by atoms with E-state index < -0.39 is 0 Å². The Kier molecular flexibility index (Phi) is 6.27. The SMILES string of the molecule is CN=C(NCC1(CCOC)CC1)NC1CCN(C(=O)C(C)C)C1. The number of methoxy groups -OCH3 is 1. The lowest BCUT2D eigenvalue weighted by Gasteiger charge is -2.22. The number of nitrogens with zero attached hydrogens (tertiary/aromatic N) is 2. The third kappa shape index (κ3) is 5.09. The van der Waals surface area contributed by atoms with Gasteiger partial charge in [0, 0.05) is 52.4 Å². The molecular formula is C17H32N4O2. The van der Waals surface area contributed by atoms with Crippen LogP contribution in [0, 0.1) is 11.3 Å². The topological polar surface area (TPSA) is 66.0 Å². The average Bonchev–Trinajstić information content (AvgIpc) is 3.17. The van der Waals surface area contributed by atoms with Gasteiger partial charge in [-0.1, -0.05) is 13.8 Å². The quantitative estimate of drug-likeness (QED) is 0.546. The molecule has 0 spiro atoms. The van der Waals surface area contributed by atoms with Gasteiger partial charge in [-0.25, -0.2) is 0 Å². The molecule has 6 heteroatoms. The maximum absolute atomic E-state index is 12.1. The first-order valence-electron chi connectivity index (χ1n) is 8.74. The van der Waals surface area contributed by atoms with E-state index in [2.05, 4.69) is 15.6 Å². The van der Waals surface area contributed by atoms with Crippen LogP contribution in [0.5, 0.6) is 0 Å². The van der Waals surface area contributed by atoms with Crippen molar-refractivity contribution in [3.8, 4) is 0 Å². The van der Waals surface area contributed by atoms with Crippen molar-refractivity contribution in [1.29, 1.82) is 0 Å². The predicted molar refractivity (Wildman–Crippen MR) is 92.5 cm³/mol. The number of rotatable bonds is 7. The molecule has 1 aliphatic carbocycles. The Morgan fingerprint density at radius 3 is 2.74 bits per heavy atom. The maximum atomic E-state index is 12.1. The van der Waals surface area contributed by atoms with Crippen LogP contribution in [0.1, 0.15) is 39.5 Å². The van der Waals surface area contributed by atoms with Gasteiger partial charge in [-0.2, -0.15) is 0 Å². The van der Waals surface area contributed by atoms with E-state index in [1.807, 2.05) is 18.7 Å². The van der Waals surface area contributed by atoms with E-state index in [4.69, 9.17) is 4.74 Å². The van der Waals surface area contributed by atoms with E-state index in [0.29, 0.717) is 5.41 Å². The molecule has 0 bridgehead atoms. The zero-order valence-corrected chi connectivity index (χ0v) is 15.0. The highest BCUT2D eigenvalue weighted by molar-refractivity contribution is 5.81. The molecule has 2 N–H and O–H groups in total. The van der Waals surface area contributed by atoms with Crippen molar-refractivity contribution in [2.45, 2.75) is 45.6 Å². The summed E-state index contributed by atoms with van der Waals surface area (Å²) in [4.78, 5) is 18.3. The average molecular weight is 324 g/mol. The summed E-state index contributed by atoms with van der Waals surface area (Å²) in [6, 6.07) is 0.290. The zero-order chi connectivity index (χ0) is 16.9. The van der Waals surface area contributed by atoms with Gasteiger partial charge in [0.25, 0.3) is 0 Å². The molecule has 1 amide bonds.